The Morgan fingerprint density at radius 1 is 1.41 bits per heavy atom. The van der Waals surface area contributed by atoms with Gasteiger partial charge < -0.3 is 4.74 Å². The third kappa shape index (κ3) is 2.91. The summed E-state index contributed by atoms with van der Waals surface area (Å²) in [5, 5.41) is 0. The number of aldehydes is 1. The summed E-state index contributed by atoms with van der Waals surface area (Å²) in [6.07, 6.45) is 0.823. The molecule has 0 atom stereocenters. The molecule has 0 N–H and O–H groups in total. The number of hydrogen-bond donors (Lipinski definition) is 0. The van der Waals surface area contributed by atoms with Gasteiger partial charge in [-0.15, -0.1) is 11.3 Å². The summed E-state index contributed by atoms with van der Waals surface area (Å²) in [7, 11) is 0. The molecule has 1 aromatic heterocycles. The number of aryl methyl sites for hydroxylation is 1. The molecule has 1 aromatic carbocycles. The van der Waals surface area contributed by atoms with Crippen molar-refractivity contribution in [3.63, 3.8) is 0 Å². The summed E-state index contributed by atoms with van der Waals surface area (Å²) in [5.74, 6) is 0.168. The molecule has 0 saturated carbocycles. The van der Waals surface area contributed by atoms with E-state index in [-0.39, 0.29) is 5.82 Å². The summed E-state index contributed by atoms with van der Waals surface area (Å²) in [6.45, 7) is 2.28. The van der Waals surface area contributed by atoms with Crippen LogP contribution in [0.5, 0.6) is 5.75 Å². The van der Waals surface area contributed by atoms with Crippen LogP contribution in [0.2, 0.25) is 0 Å². The van der Waals surface area contributed by atoms with Gasteiger partial charge in [0.1, 0.15) is 18.2 Å². The summed E-state index contributed by atoms with van der Waals surface area (Å²) in [5.41, 5.74) is 0.960. The Hall–Kier alpha value is -1.68. The largest absolute Gasteiger partial charge is 0.489 e. The van der Waals surface area contributed by atoms with E-state index in [0.29, 0.717) is 17.2 Å². The Morgan fingerprint density at radius 3 is 2.88 bits per heavy atom. The molecule has 17 heavy (non-hydrogen) atoms. The van der Waals surface area contributed by atoms with Crippen molar-refractivity contribution in [2.24, 2.45) is 0 Å². The molecular weight excluding hydrogens is 239 g/mol. The normalized spacial score (nSPS) is 10.2. The first-order chi connectivity index (χ1) is 8.19. The van der Waals surface area contributed by atoms with Crippen LogP contribution in [0, 0.1) is 12.7 Å². The SMILES string of the molecule is Cc1sc(C=O)cc1COc1cccc(F)c1. The molecule has 2 aromatic rings. The average molecular weight is 250 g/mol. The fourth-order valence-electron chi connectivity index (χ4n) is 1.46. The van der Waals surface area contributed by atoms with E-state index in [1.54, 1.807) is 18.2 Å². The summed E-state index contributed by atoms with van der Waals surface area (Å²) >= 11 is 1.43. The zero-order chi connectivity index (χ0) is 12.3. The van der Waals surface area contributed by atoms with E-state index in [2.05, 4.69) is 0 Å². The molecule has 0 aliphatic heterocycles. The number of rotatable bonds is 4. The summed E-state index contributed by atoms with van der Waals surface area (Å²) in [6, 6.07) is 7.80. The van der Waals surface area contributed by atoms with Gasteiger partial charge in [0.2, 0.25) is 0 Å². The van der Waals surface area contributed by atoms with Crippen molar-refractivity contribution in [3.05, 3.63) is 51.5 Å². The highest BCUT2D eigenvalue weighted by molar-refractivity contribution is 7.13. The van der Waals surface area contributed by atoms with E-state index < -0.39 is 0 Å². The first-order valence-corrected chi connectivity index (χ1v) is 5.93. The first kappa shape index (κ1) is 11.8. The Bertz CT molecular complexity index is 534. The molecule has 0 radical (unpaired) electrons. The van der Waals surface area contributed by atoms with Gasteiger partial charge in [0.25, 0.3) is 0 Å². The predicted octanol–water partition coefficient (Wildman–Crippen LogP) is 3.59. The highest BCUT2D eigenvalue weighted by Gasteiger charge is 2.05. The number of benzene rings is 1. The third-order valence-electron chi connectivity index (χ3n) is 2.35. The Balaban J connectivity index is 2.06. The van der Waals surface area contributed by atoms with E-state index in [1.807, 2.05) is 6.92 Å². The second kappa shape index (κ2) is 5.10. The van der Waals surface area contributed by atoms with Crippen molar-refractivity contribution in [1.29, 1.82) is 0 Å². The van der Waals surface area contributed by atoms with Crippen molar-refractivity contribution in [1.82, 2.24) is 0 Å². The first-order valence-electron chi connectivity index (χ1n) is 5.12. The molecule has 0 spiro atoms. The van der Waals surface area contributed by atoms with Gasteiger partial charge in [-0.2, -0.15) is 0 Å². The van der Waals surface area contributed by atoms with Crippen molar-refractivity contribution in [2.75, 3.05) is 0 Å². The maximum Gasteiger partial charge on any atom is 0.160 e. The topological polar surface area (TPSA) is 26.3 Å². The van der Waals surface area contributed by atoms with Gasteiger partial charge in [0.05, 0.1) is 4.88 Å². The quantitative estimate of drug-likeness (QED) is 0.775. The maximum absolute atomic E-state index is 12.9. The zero-order valence-electron chi connectivity index (χ0n) is 9.27. The molecule has 0 amide bonds. The third-order valence-corrected chi connectivity index (χ3v) is 3.36. The molecule has 88 valence electrons. The van der Waals surface area contributed by atoms with Gasteiger partial charge in [-0.25, -0.2) is 4.39 Å². The molecule has 0 fully saturated rings. The van der Waals surface area contributed by atoms with Gasteiger partial charge in [-0.1, -0.05) is 6.07 Å². The van der Waals surface area contributed by atoms with Crippen LogP contribution in [0.4, 0.5) is 4.39 Å². The molecule has 0 aliphatic rings. The molecule has 2 rings (SSSR count). The van der Waals surface area contributed by atoms with Crippen molar-refractivity contribution >= 4 is 17.6 Å². The number of halogens is 1. The Kier molecular flexibility index (Phi) is 3.54. The maximum atomic E-state index is 12.9. The van der Waals surface area contributed by atoms with Crippen LogP contribution in [0.1, 0.15) is 20.1 Å². The van der Waals surface area contributed by atoms with Crippen LogP contribution < -0.4 is 4.74 Å². The van der Waals surface area contributed by atoms with Crippen molar-refractivity contribution < 1.29 is 13.9 Å². The number of hydrogen-bond acceptors (Lipinski definition) is 3. The second-order valence-electron chi connectivity index (χ2n) is 3.59. The number of ether oxygens (including phenoxy) is 1. The Labute approximate surface area is 103 Å². The van der Waals surface area contributed by atoms with Crippen LogP contribution in [0.25, 0.3) is 0 Å². The van der Waals surface area contributed by atoms with Crippen LogP contribution in [0.15, 0.2) is 30.3 Å². The monoisotopic (exact) mass is 250 g/mol. The van der Waals surface area contributed by atoms with Gasteiger partial charge >= 0.3 is 0 Å². The summed E-state index contributed by atoms with van der Waals surface area (Å²) < 4.78 is 18.4. The van der Waals surface area contributed by atoms with Gasteiger partial charge in [0, 0.05) is 16.5 Å². The zero-order valence-corrected chi connectivity index (χ0v) is 10.1. The van der Waals surface area contributed by atoms with Gasteiger partial charge in [0.15, 0.2) is 6.29 Å². The van der Waals surface area contributed by atoms with Crippen LogP contribution in [-0.4, -0.2) is 6.29 Å². The van der Waals surface area contributed by atoms with Crippen LogP contribution in [0.3, 0.4) is 0 Å². The van der Waals surface area contributed by atoms with Gasteiger partial charge in [-0.05, 0) is 25.1 Å². The average Bonchev–Trinajstić information content (AvgIpc) is 2.68. The summed E-state index contributed by atoms with van der Waals surface area (Å²) in [4.78, 5) is 12.3. The number of carbonyl (C=O) groups excluding carboxylic acids is 1. The van der Waals surface area contributed by atoms with Crippen LogP contribution >= 0.6 is 11.3 Å². The smallest absolute Gasteiger partial charge is 0.160 e. The lowest BCUT2D eigenvalue weighted by Crippen LogP contribution is -1.95. The fraction of sp³-hybridized carbons (Fsp3) is 0.154. The van der Waals surface area contributed by atoms with Gasteiger partial charge in [-0.3, -0.25) is 4.79 Å². The molecule has 0 saturated heterocycles. The van der Waals surface area contributed by atoms with Crippen LogP contribution in [-0.2, 0) is 6.61 Å². The minimum absolute atomic E-state index is 0.321. The number of thiophene rings is 1. The van der Waals surface area contributed by atoms with E-state index in [9.17, 15) is 9.18 Å². The lowest BCUT2D eigenvalue weighted by Gasteiger charge is -2.05. The van der Waals surface area contributed by atoms with E-state index >= 15 is 0 Å². The number of carbonyl (C=O) groups is 1. The molecule has 0 aliphatic carbocycles. The highest BCUT2D eigenvalue weighted by atomic mass is 32.1. The molecule has 0 unspecified atom stereocenters. The molecule has 1 heterocycles. The molecule has 0 bridgehead atoms. The van der Waals surface area contributed by atoms with E-state index in [0.717, 1.165) is 16.7 Å². The molecule has 2 nitrogen and oxygen atoms in total. The predicted molar refractivity (Wildman–Crippen MR) is 65.2 cm³/mol. The van der Waals surface area contributed by atoms with Crippen molar-refractivity contribution in [3.8, 4) is 5.75 Å². The Morgan fingerprint density at radius 2 is 2.24 bits per heavy atom. The lowest BCUT2D eigenvalue weighted by atomic mass is 10.2. The standard InChI is InChI=1S/C13H11FO2S/c1-9-10(5-13(7-15)17-9)8-16-12-4-2-3-11(14)6-12/h2-7H,8H2,1H3. The highest BCUT2D eigenvalue weighted by Crippen LogP contribution is 2.22. The lowest BCUT2D eigenvalue weighted by molar-refractivity contribution is 0.112. The fourth-order valence-corrected chi connectivity index (χ4v) is 2.32. The molecule has 4 heteroatoms. The minimum Gasteiger partial charge on any atom is -0.489 e. The minimum atomic E-state index is -0.321. The molecular formula is C13H11FO2S. The van der Waals surface area contributed by atoms with E-state index in [1.165, 1.54) is 23.5 Å². The van der Waals surface area contributed by atoms with E-state index in [4.69, 9.17) is 4.74 Å². The van der Waals surface area contributed by atoms with Crippen molar-refractivity contribution in [2.45, 2.75) is 13.5 Å². The second-order valence-corrected chi connectivity index (χ2v) is 4.88.